The van der Waals surface area contributed by atoms with Gasteiger partial charge in [0.05, 0.1) is 12.2 Å². The van der Waals surface area contributed by atoms with Crippen LogP contribution in [0.1, 0.15) is 11.1 Å². The Morgan fingerprint density at radius 3 is 2.63 bits per heavy atom. The monoisotopic (exact) mass is 293 g/mol. The van der Waals surface area contributed by atoms with E-state index >= 15 is 0 Å². The summed E-state index contributed by atoms with van der Waals surface area (Å²) in [5.74, 6) is 1.02. The van der Waals surface area contributed by atoms with Gasteiger partial charge in [-0.2, -0.15) is 0 Å². The van der Waals surface area contributed by atoms with E-state index in [1.165, 1.54) is 0 Å². The van der Waals surface area contributed by atoms with Crippen molar-refractivity contribution in [1.82, 2.24) is 0 Å². The van der Waals surface area contributed by atoms with E-state index in [0.717, 1.165) is 0 Å². The van der Waals surface area contributed by atoms with Gasteiger partial charge in [0.25, 0.3) is 0 Å². The summed E-state index contributed by atoms with van der Waals surface area (Å²) in [5.41, 5.74) is 6.93. The van der Waals surface area contributed by atoms with Crippen LogP contribution in [0.4, 0.5) is 0 Å². The summed E-state index contributed by atoms with van der Waals surface area (Å²) >= 11 is 10.9. The molecule has 0 heterocycles. The van der Waals surface area contributed by atoms with Crippen LogP contribution in [0.25, 0.3) is 0 Å². The Labute approximate surface area is 121 Å². The van der Waals surface area contributed by atoms with E-state index in [9.17, 15) is 5.11 Å². The molecule has 98 valence electrons. The fourth-order valence-electron chi connectivity index (χ4n) is 1.64. The van der Waals surface area contributed by atoms with Crippen molar-refractivity contribution in [3.8, 4) is 11.5 Å². The zero-order valence-corrected chi connectivity index (χ0v) is 11.5. The Kier molecular flexibility index (Phi) is 4.37. The molecule has 19 heavy (non-hydrogen) atoms. The molecule has 0 aromatic heterocycles. The standard InChI is InChI=1S/C14H12ClNO2S/c15-10-5-6-11(14(16)19)13(7-10)18-12-4-2-1-3-9(12)8-17/h1-7,17H,8H2,(H2,16,19). The first-order chi connectivity index (χ1) is 9.11. The topological polar surface area (TPSA) is 55.5 Å². The molecule has 0 saturated heterocycles. The molecule has 2 aromatic rings. The van der Waals surface area contributed by atoms with Gasteiger partial charge in [0.1, 0.15) is 16.5 Å². The fourth-order valence-corrected chi connectivity index (χ4v) is 1.97. The lowest BCUT2D eigenvalue weighted by molar-refractivity contribution is 0.276. The van der Waals surface area contributed by atoms with Gasteiger partial charge in [-0.05, 0) is 18.2 Å². The summed E-state index contributed by atoms with van der Waals surface area (Å²) in [6.45, 7) is -0.112. The maximum Gasteiger partial charge on any atom is 0.139 e. The molecule has 0 atom stereocenters. The van der Waals surface area contributed by atoms with E-state index < -0.39 is 0 Å². The minimum Gasteiger partial charge on any atom is -0.456 e. The van der Waals surface area contributed by atoms with Crippen molar-refractivity contribution in [2.24, 2.45) is 5.73 Å². The molecule has 0 aliphatic carbocycles. The molecule has 2 rings (SSSR count). The number of nitrogens with two attached hydrogens (primary N) is 1. The normalized spacial score (nSPS) is 10.2. The molecule has 0 saturated carbocycles. The molecule has 2 aromatic carbocycles. The summed E-state index contributed by atoms with van der Waals surface area (Å²) < 4.78 is 5.76. The van der Waals surface area contributed by atoms with Gasteiger partial charge in [-0.1, -0.05) is 42.0 Å². The van der Waals surface area contributed by atoms with Gasteiger partial charge in [-0.25, -0.2) is 0 Å². The third-order valence-corrected chi connectivity index (χ3v) is 3.03. The second kappa shape index (κ2) is 6.02. The van der Waals surface area contributed by atoms with E-state index in [1.807, 2.05) is 12.1 Å². The van der Waals surface area contributed by atoms with Crippen LogP contribution < -0.4 is 10.5 Å². The molecule has 0 spiro atoms. The van der Waals surface area contributed by atoms with E-state index in [0.29, 0.717) is 27.6 Å². The minimum absolute atomic E-state index is 0.112. The second-order valence-corrected chi connectivity index (χ2v) is 4.75. The van der Waals surface area contributed by atoms with Gasteiger partial charge in [-0.3, -0.25) is 0 Å². The van der Waals surface area contributed by atoms with Crippen molar-refractivity contribution in [3.05, 3.63) is 58.6 Å². The lowest BCUT2D eigenvalue weighted by Gasteiger charge is -2.13. The molecule has 0 aliphatic rings. The van der Waals surface area contributed by atoms with Gasteiger partial charge < -0.3 is 15.6 Å². The van der Waals surface area contributed by atoms with Gasteiger partial charge in [0.15, 0.2) is 0 Å². The second-order valence-electron chi connectivity index (χ2n) is 3.87. The average molecular weight is 294 g/mol. The Hall–Kier alpha value is -1.62. The number of thiocarbonyl (C=S) groups is 1. The molecule has 3 nitrogen and oxygen atoms in total. The van der Waals surface area contributed by atoms with Crippen LogP contribution in [0, 0.1) is 0 Å². The highest BCUT2D eigenvalue weighted by Crippen LogP contribution is 2.30. The van der Waals surface area contributed by atoms with E-state index in [2.05, 4.69) is 0 Å². The highest BCUT2D eigenvalue weighted by molar-refractivity contribution is 7.80. The van der Waals surface area contributed by atoms with Crippen molar-refractivity contribution < 1.29 is 9.84 Å². The first-order valence-corrected chi connectivity index (χ1v) is 6.36. The highest BCUT2D eigenvalue weighted by atomic mass is 35.5. The Morgan fingerprint density at radius 2 is 1.95 bits per heavy atom. The number of rotatable bonds is 4. The molecular formula is C14H12ClNO2S. The number of para-hydroxylation sites is 1. The first kappa shape index (κ1) is 13.8. The maximum atomic E-state index is 9.27. The third kappa shape index (κ3) is 3.23. The SMILES string of the molecule is NC(=S)c1ccc(Cl)cc1Oc1ccccc1CO. The molecule has 0 aliphatic heterocycles. The number of hydrogen-bond donors (Lipinski definition) is 2. The van der Waals surface area contributed by atoms with E-state index in [-0.39, 0.29) is 11.6 Å². The Morgan fingerprint density at radius 1 is 1.21 bits per heavy atom. The van der Waals surface area contributed by atoms with Crippen molar-refractivity contribution in [3.63, 3.8) is 0 Å². The van der Waals surface area contributed by atoms with Crippen molar-refractivity contribution in [2.75, 3.05) is 0 Å². The first-order valence-electron chi connectivity index (χ1n) is 5.58. The molecule has 0 unspecified atom stereocenters. The average Bonchev–Trinajstić information content (AvgIpc) is 2.39. The van der Waals surface area contributed by atoms with E-state index in [1.54, 1.807) is 30.3 Å². The molecule has 0 bridgehead atoms. The molecule has 0 fully saturated rings. The van der Waals surface area contributed by atoms with Crippen LogP contribution in [0.2, 0.25) is 5.02 Å². The number of ether oxygens (including phenoxy) is 1. The fraction of sp³-hybridized carbons (Fsp3) is 0.0714. The zero-order valence-electron chi connectivity index (χ0n) is 9.97. The molecular weight excluding hydrogens is 282 g/mol. The maximum absolute atomic E-state index is 9.27. The van der Waals surface area contributed by atoms with Crippen LogP contribution in [-0.4, -0.2) is 10.1 Å². The van der Waals surface area contributed by atoms with Crippen LogP contribution in [0.3, 0.4) is 0 Å². The van der Waals surface area contributed by atoms with Gasteiger partial charge in [-0.15, -0.1) is 0 Å². The van der Waals surface area contributed by atoms with Crippen LogP contribution >= 0.6 is 23.8 Å². The number of aliphatic hydroxyl groups excluding tert-OH is 1. The van der Waals surface area contributed by atoms with Crippen LogP contribution in [0.15, 0.2) is 42.5 Å². The van der Waals surface area contributed by atoms with Crippen LogP contribution in [0.5, 0.6) is 11.5 Å². The van der Waals surface area contributed by atoms with E-state index in [4.69, 9.17) is 34.3 Å². The minimum atomic E-state index is -0.112. The smallest absolute Gasteiger partial charge is 0.139 e. The Balaban J connectivity index is 2.42. The summed E-state index contributed by atoms with van der Waals surface area (Å²) in [6.07, 6.45) is 0. The number of aliphatic hydroxyl groups is 1. The van der Waals surface area contributed by atoms with Crippen molar-refractivity contribution >= 4 is 28.8 Å². The zero-order chi connectivity index (χ0) is 13.8. The summed E-state index contributed by atoms with van der Waals surface area (Å²) in [4.78, 5) is 0.230. The van der Waals surface area contributed by atoms with Crippen LogP contribution in [-0.2, 0) is 6.61 Å². The Bertz CT molecular complexity index is 616. The lowest BCUT2D eigenvalue weighted by Crippen LogP contribution is -2.10. The number of hydrogen-bond acceptors (Lipinski definition) is 3. The molecule has 3 N–H and O–H groups in total. The van der Waals surface area contributed by atoms with Gasteiger partial charge in [0.2, 0.25) is 0 Å². The summed E-state index contributed by atoms with van der Waals surface area (Å²) in [6, 6.07) is 12.2. The predicted octanol–water partition coefficient (Wildman–Crippen LogP) is 3.26. The van der Waals surface area contributed by atoms with Gasteiger partial charge in [0, 0.05) is 16.7 Å². The number of halogens is 1. The predicted molar refractivity (Wildman–Crippen MR) is 79.8 cm³/mol. The van der Waals surface area contributed by atoms with Crippen molar-refractivity contribution in [2.45, 2.75) is 6.61 Å². The molecule has 0 amide bonds. The molecule has 5 heteroatoms. The third-order valence-electron chi connectivity index (χ3n) is 2.57. The number of benzene rings is 2. The van der Waals surface area contributed by atoms with Gasteiger partial charge >= 0.3 is 0 Å². The van der Waals surface area contributed by atoms with Crippen molar-refractivity contribution in [1.29, 1.82) is 0 Å². The molecule has 0 radical (unpaired) electrons. The lowest BCUT2D eigenvalue weighted by atomic mass is 10.2. The largest absolute Gasteiger partial charge is 0.456 e. The summed E-state index contributed by atoms with van der Waals surface area (Å²) in [7, 11) is 0. The quantitative estimate of drug-likeness (QED) is 0.850. The highest BCUT2D eigenvalue weighted by Gasteiger charge is 2.10. The summed E-state index contributed by atoms with van der Waals surface area (Å²) in [5, 5.41) is 9.80.